The van der Waals surface area contributed by atoms with Crippen LogP contribution < -0.4 is 15.4 Å². The number of aryl methyl sites for hydroxylation is 1. The summed E-state index contributed by atoms with van der Waals surface area (Å²) >= 11 is 1.26. The van der Waals surface area contributed by atoms with Crippen LogP contribution in [0.3, 0.4) is 0 Å². The summed E-state index contributed by atoms with van der Waals surface area (Å²) in [5, 5.41) is 11.1. The number of thiazole rings is 1. The molecule has 0 saturated carbocycles. The van der Waals surface area contributed by atoms with Crippen molar-refractivity contribution in [2.45, 2.75) is 33.4 Å². The molecule has 1 aromatic carbocycles. The number of carbonyl (C=O) groups is 1. The molecule has 0 aliphatic heterocycles. The summed E-state index contributed by atoms with van der Waals surface area (Å²) in [6.07, 6.45) is 1.03. The van der Waals surface area contributed by atoms with Crippen molar-refractivity contribution in [2.75, 3.05) is 5.32 Å². The maximum atomic E-state index is 11.6. The van der Waals surface area contributed by atoms with Gasteiger partial charge >= 0.3 is 6.09 Å². The highest BCUT2D eigenvalue weighted by Gasteiger charge is 2.15. The van der Waals surface area contributed by atoms with Crippen molar-refractivity contribution in [2.24, 2.45) is 0 Å². The van der Waals surface area contributed by atoms with Crippen LogP contribution in [0.2, 0.25) is 0 Å². The minimum absolute atomic E-state index is 0.0148. The highest BCUT2D eigenvalue weighted by atomic mass is 32.1. The molecule has 2 N–H and O–H groups in total. The van der Waals surface area contributed by atoms with Crippen LogP contribution >= 0.6 is 11.3 Å². The first kappa shape index (κ1) is 17.9. The second kappa shape index (κ2) is 8.01. The molecule has 3 aromatic rings. The van der Waals surface area contributed by atoms with E-state index in [9.17, 15) is 4.79 Å². The van der Waals surface area contributed by atoms with Crippen LogP contribution in [-0.2, 0) is 6.54 Å². The Hall–Kier alpha value is -2.87. The third-order valence-electron chi connectivity index (χ3n) is 3.53. The van der Waals surface area contributed by atoms with Gasteiger partial charge in [0.1, 0.15) is 11.5 Å². The van der Waals surface area contributed by atoms with E-state index in [1.165, 1.54) is 17.5 Å². The summed E-state index contributed by atoms with van der Waals surface area (Å²) in [5.41, 5.74) is 2.76. The molecular formula is C18H20N4O3S. The minimum Gasteiger partial charge on any atom is -0.397 e. The van der Waals surface area contributed by atoms with E-state index in [0.717, 1.165) is 22.6 Å². The topological polar surface area (TPSA) is 89.3 Å². The number of nitrogens with one attached hydrogen (secondary N) is 2. The van der Waals surface area contributed by atoms with Crippen LogP contribution in [0.15, 0.2) is 41.1 Å². The Labute approximate surface area is 155 Å². The third-order valence-corrected chi connectivity index (χ3v) is 4.37. The van der Waals surface area contributed by atoms with E-state index in [1.54, 1.807) is 0 Å². The van der Waals surface area contributed by atoms with E-state index in [1.807, 2.05) is 51.1 Å². The van der Waals surface area contributed by atoms with Gasteiger partial charge in [-0.1, -0.05) is 46.8 Å². The van der Waals surface area contributed by atoms with Crippen molar-refractivity contribution in [3.8, 4) is 16.3 Å². The highest BCUT2D eigenvalue weighted by Crippen LogP contribution is 2.29. The Balaban J connectivity index is 1.65. The van der Waals surface area contributed by atoms with Gasteiger partial charge in [-0.3, -0.25) is 0 Å². The fourth-order valence-electron chi connectivity index (χ4n) is 2.33. The van der Waals surface area contributed by atoms with Crippen LogP contribution in [-0.4, -0.2) is 22.3 Å². The fourth-order valence-corrected chi connectivity index (χ4v) is 2.99. The standard InChI is InChI=1S/C18H20N4O3S/c1-11(2)21-18(23)24-15-10-20-17(26-15)19-9-14-12(3)25-22-16(14)13-7-5-4-6-8-13/h4-8,10-11H,9H2,1-3H3,(H,19,20)(H,21,23). The van der Waals surface area contributed by atoms with Gasteiger partial charge < -0.3 is 19.9 Å². The van der Waals surface area contributed by atoms with E-state index in [4.69, 9.17) is 9.26 Å². The molecule has 3 rings (SSSR count). The highest BCUT2D eigenvalue weighted by molar-refractivity contribution is 7.17. The summed E-state index contributed by atoms with van der Waals surface area (Å²) in [6.45, 7) is 6.12. The van der Waals surface area contributed by atoms with Gasteiger partial charge in [-0.15, -0.1) is 0 Å². The zero-order chi connectivity index (χ0) is 18.5. The third kappa shape index (κ3) is 4.40. The Bertz CT molecular complexity index is 874. The largest absolute Gasteiger partial charge is 0.413 e. The van der Waals surface area contributed by atoms with Gasteiger partial charge in [-0.05, 0) is 20.8 Å². The fraction of sp³-hybridized carbons (Fsp3) is 0.278. The predicted molar refractivity (Wildman–Crippen MR) is 100 cm³/mol. The second-order valence-corrected chi connectivity index (χ2v) is 6.95. The monoisotopic (exact) mass is 372 g/mol. The first-order valence-electron chi connectivity index (χ1n) is 8.21. The van der Waals surface area contributed by atoms with Gasteiger partial charge in [-0.25, -0.2) is 9.78 Å². The quantitative estimate of drug-likeness (QED) is 0.673. The van der Waals surface area contributed by atoms with E-state index in [-0.39, 0.29) is 6.04 Å². The average Bonchev–Trinajstić information content (AvgIpc) is 3.19. The lowest BCUT2D eigenvalue weighted by Crippen LogP contribution is -2.32. The molecular weight excluding hydrogens is 352 g/mol. The molecule has 0 fully saturated rings. The smallest absolute Gasteiger partial charge is 0.397 e. The molecule has 0 spiro atoms. The molecule has 0 aliphatic carbocycles. The minimum atomic E-state index is -0.489. The molecule has 26 heavy (non-hydrogen) atoms. The molecule has 0 unspecified atom stereocenters. The van der Waals surface area contributed by atoms with Crippen LogP contribution in [0.4, 0.5) is 9.93 Å². The zero-order valence-electron chi connectivity index (χ0n) is 14.8. The number of hydrogen-bond acceptors (Lipinski definition) is 7. The molecule has 1 amide bonds. The van der Waals surface area contributed by atoms with Crippen molar-refractivity contribution in [3.05, 3.63) is 47.9 Å². The van der Waals surface area contributed by atoms with Gasteiger partial charge in [0.25, 0.3) is 0 Å². The Morgan fingerprint density at radius 2 is 2.08 bits per heavy atom. The van der Waals surface area contributed by atoms with Crippen LogP contribution in [0.5, 0.6) is 5.06 Å². The predicted octanol–water partition coefficient (Wildman–Crippen LogP) is 4.22. The number of benzene rings is 1. The van der Waals surface area contributed by atoms with E-state index in [2.05, 4.69) is 20.8 Å². The van der Waals surface area contributed by atoms with Crippen molar-refractivity contribution < 1.29 is 14.1 Å². The number of carbonyl (C=O) groups excluding carboxylic acids is 1. The van der Waals surface area contributed by atoms with Crippen LogP contribution in [0.1, 0.15) is 25.2 Å². The molecule has 136 valence electrons. The number of rotatable bonds is 6. The second-order valence-electron chi connectivity index (χ2n) is 5.96. The van der Waals surface area contributed by atoms with Crippen LogP contribution in [0, 0.1) is 6.92 Å². The Morgan fingerprint density at radius 3 is 2.81 bits per heavy atom. The molecule has 2 aromatic heterocycles. The summed E-state index contributed by atoms with van der Waals surface area (Å²) in [4.78, 5) is 15.9. The van der Waals surface area contributed by atoms with Crippen LogP contribution in [0.25, 0.3) is 11.3 Å². The van der Waals surface area contributed by atoms with Gasteiger partial charge in [-0.2, -0.15) is 0 Å². The maximum Gasteiger partial charge on any atom is 0.413 e. The van der Waals surface area contributed by atoms with Gasteiger partial charge in [0.05, 0.1) is 6.20 Å². The normalized spacial score (nSPS) is 10.8. The molecule has 0 bridgehead atoms. The molecule has 7 nitrogen and oxygen atoms in total. The Morgan fingerprint density at radius 1 is 1.31 bits per heavy atom. The molecule has 0 saturated heterocycles. The summed E-state index contributed by atoms with van der Waals surface area (Å²) < 4.78 is 10.5. The lowest BCUT2D eigenvalue weighted by molar-refractivity contribution is 0.199. The summed E-state index contributed by atoms with van der Waals surface area (Å²) in [6, 6.07) is 9.88. The number of aromatic nitrogens is 2. The number of nitrogens with zero attached hydrogens (tertiary/aromatic N) is 2. The number of ether oxygens (including phenoxy) is 1. The molecule has 0 radical (unpaired) electrons. The average molecular weight is 372 g/mol. The molecule has 0 aliphatic rings. The Kier molecular flexibility index (Phi) is 5.52. The summed E-state index contributed by atoms with van der Waals surface area (Å²) in [5.74, 6) is 0.751. The number of amides is 1. The SMILES string of the molecule is Cc1onc(-c2ccccc2)c1CNc1ncc(OC(=O)NC(C)C)s1. The lowest BCUT2D eigenvalue weighted by atomic mass is 10.1. The molecule has 2 heterocycles. The number of anilines is 1. The van der Waals surface area contributed by atoms with Crippen molar-refractivity contribution >= 4 is 22.6 Å². The van der Waals surface area contributed by atoms with E-state index >= 15 is 0 Å². The van der Waals surface area contributed by atoms with Gasteiger partial charge in [0.2, 0.25) is 5.06 Å². The molecule has 8 heteroatoms. The summed E-state index contributed by atoms with van der Waals surface area (Å²) in [7, 11) is 0. The van der Waals surface area contributed by atoms with Gasteiger partial charge in [0.15, 0.2) is 5.13 Å². The van der Waals surface area contributed by atoms with Crippen molar-refractivity contribution in [1.29, 1.82) is 0 Å². The van der Waals surface area contributed by atoms with E-state index in [0.29, 0.717) is 16.7 Å². The van der Waals surface area contributed by atoms with Gasteiger partial charge in [0, 0.05) is 23.7 Å². The van der Waals surface area contributed by atoms with E-state index < -0.39 is 6.09 Å². The number of hydrogen-bond donors (Lipinski definition) is 2. The van der Waals surface area contributed by atoms with Crippen molar-refractivity contribution in [3.63, 3.8) is 0 Å². The first-order chi connectivity index (χ1) is 12.5. The zero-order valence-corrected chi connectivity index (χ0v) is 15.6. The van der Waals surface area contributed by atoms with Crippen molar-refractivity contribution in [1.82, 2.24) is 15.5 Å². The maximum absolute atomic E-state index is 11.6. The molecule has 0 atom stereocenters. The first-order valence-corrected chi connectivity index (χ1v) is 9.03. The lowest BCUT2D eigenvalue weighted by Gasteiger charge is -2.06.